The fraction of sp³-hybridized carbons (Fsp3) is 0. The average molecular weight is 502 g/mol. The van der Waals surface area contributed by atoms with Crippen LogP contribution in [0, 0.1) is 0 Å². The van der Waals surface area contributed by atoms with E-state index in [-0.39, 0.29) is 0 Å². The minimum Gasteiger partial charge on any atom is -0.309 e. The Morgan fingerprint density at radius 1 is 0.368 bits per heavy atom. The number of aromatic nitrogens is 1. The second kappa shape index (κ2) is 8.44. The van der Waals surface area contributed by atoms with Crippen LogP contribution in [0.5, 0.6) is 0 Å². The summed E-state index contributed by atoms with van der Waals surface area (Å²) in [4.78, 5) is 0. The van der Waals surface area contributed by atoms with Gasteiger partial charge in [0.15, 0.2) is 0 Å². The number of rotatable bonds is 3. The molecular weight excluding hydrogens is 478 g/mol. The van der Waals surface area contributed by atoms with Gasteiger partial charge in [-0.15, -0.1) is 11.3 Å². The van der Waals surface area contributed by atoms with E-state index in [4.69, 9.17) is 0 Å². The lowest BCUT2D eigenvalue weighted by Gasteiger charge is -2.14. The molecule has 0 atom stereocenters. The predicted molar refractivity (Wildman–Crippen MR) is 165 cm³/mol. The van der Waals surface area contributed by atoms with Crippen molar-refractivity contribution >= 4 is 53.3 Å². The van der Waals surface area contributed by atoms with Crippen LogP contribution in [0.4, 0.5) is 0 Å². The highest BCUT2D eigenvalue weighted by molar-refractivity contribution is 7.25. The van der Waals surface area contributed by atoms with Crippen LogP contribution in [-0.4, -0.2) is 4.57 Å². The Morgan fingerprint density at radius 2 is 0.974 bits per heavy atom. The molecule has 0 unspecified atom stereocenters. The van der Waals surface area contributed by atoms with Gasteiger partial charge in [0.05, 0.1) is 11.0 Å². The van der Waals surface area contributed by atoms with E-state index in [1.807, 2.05) is 11.3 Å². The first-order chi connectivity index (χ1) is 18.8. The zero-order valence-electron chi connectivity index (χ0n) is 20.6. The van der Waals surface area contributed by atoms with Crippen LogP contribution >= 0.6 is 11.3 Å². The third-order valence-corrected chi connectivity index (χ3v) is 8.69. The summed E-state index contributed by atoms with van der Waals surface area (Å²) in [6.07, 6.45) is 0. The summed E-state index contributed by atoms with van der Waals surface area (Å²) in [5, 5.41) is 5.23. The van der Waals surface area contributed by atoms with Gasteiger partial charge in [-0.05, 0) is 64.7 Å². The van der Waals surface area contributed by atoms with Crippen molar-refractivity contribution < 1.29 is 0 Å². The number of hydrogen-bond acceptors (Lipinski definition) is 1. The molecule has 1 nitrogen and oxygen atoms in total. The van der Waals surface area contributed by atoms with Gasteiger partial charge in [-0.1, -0.05) is 97.1 Å². The maximum absolute atomic E-state index is 2.45. The Balaban J connectivity index is 1.49. The van der Waals surface area contributed by atoms with Gasteiger partial charge in [0.1, 0.15) is 0 Å². The normalized spacial score (nSPS) is 11.7. The largest absolute Gasteiger partial charge is 0.309 e. The van der Waals surface area contributed by atoms with Crippen molar-refractivity contribution in [3.8, 4) is 27.9 Å². The monoisotopic (exact) mass is 501 g/mol. The van der Waals surface area contributed by atoms with Gasteiger partial charge in [-0.25, -0.2) is 0 Å². The summed E-state index contributed by atoms with van der Waals surface area (Å²) >= 11 is 1.88. The van der Waals surface area contributed by atoms with Gasteiger partial charge in [-0.3, -0.25) is 0 Å². The van der Waals surface area contributed by atoms with Crippen LogP contribution in [0.3, 0.4) is 0 Å². The molecule has 8 aromatic rings. The number of hydrogen-bond donors (Lipinski definition) is 0. The highest BCUT2D eigenvalue weighted by atomic mass is 32.1. The molecule has 8 rings (SSSR count). The molecule has 2 heterocycles. The van der Waals surface area contributed by atoms with Crippen LogP contribution in [0.1, 0.15) is 0 Å². The SMILES string of the molecule is c1ccc(-c2cc(-c3ccccc3)cc(-n3c4ccccc4c4cc5sc6ccccc6c5cc43)c2)cc1. The third kappa shape index (κ3) is 3.31. The van der Waals surface area contributed by atoms with Gasteiger partial charge < -0.3 is 4.57 Å². The summed E-state index contributed by atoms with van der Waals surface area (Å²) in [5.74, 6) is 0. The van der Waals surface area contributed by atoms with Crippen LogP contribution < -0.4 is 0 Å². The van der Waals surface area contributed by atoms with E-state index in [2.05, 4.69) is 144 Å². The van der Waals surface area contributed by atoms with Gasteiger partial charge >= 0.3 is 0 Å². The summed E-state index contributed by atoms with van der Waals surface area (Å²) in [6.45, 7) is 0. The predicted octanol–water partition coefficient (Wildman–Crippen LogP) is 10.5. The molecule has 38 heavy (non-hydrogen) atoms. The smallest absolute Gasteiger partial charge is 0.0548 e. The first kappa shape index (κ1) is 21.4. The van der Waals surface area contributed by atoms with Gasteiger partial charge in [0.2, 0.25) is 0 Å². The topological polar surface area (TPSA) is 4.93 Å². The fourth-order valence-corrected chi connectivity index (χ4v) is 6.93. The molecule has 6 aromatic carbocycles. The quantitative estimate of drug-likeness (QED) is 0.227. The molecule has 0 aliphatic rings. The van der Waals surface area contributed by atoms with Crippen molar-refractivity contribution in [2.24, 2.45) is 0 Å². The third-order valence-electron chi connectivity index (χ3n) is 7.56. The van der Waals surface area contributed by atoms with E-state index < -0.39 is 0 Å². The highest BCUT2D eigenvalue weighted by Crippen LogP contribution is 2.41. The molecule has 0 aliphatic heterocycles. The van der Waals surface area contributed by atoms with Crippen molar-refractivity contribution in [3.63, 3.8) is 0 Å². The number of benzene rings is 6. The van der Waals surface area contributed by atoms with E-state index >= 15 is 0 Å². The Labute approximate surface area is 224 Å². The second-order valence-electron chi connectivity index (χ2n) is 9.82. The highest BCUT2D eigenvalue weighted by Gasteiger charge is 2.16. The number of fused-ring (bicyclic) bond motifs is 6. The standard InChI is InChI=1S/C36H23NS/c1-3-11-24(12-4-1)26-19-27(25-13-5-2-6-14-25)21-28(20-26)37-33-17-9-7-15-29(33)31-23-36-32(22-34(31)37)30-16-8-10-18-35(30)38-36/h1-23H. The molecule has 0 spiro atoms. The van der Waals surface area contributed by atoms with E-state index in [0.717, 1.165) is 0 Å². The van der Waals surface area contributed by atoms with Crippen molar-refractivity contribution in [1.29, 1.82) is 0 Å². The van der Waals surface area contributed by atoms with Crippen molar-refractivity contribution in [2.45, 2.75) is 0 Å². The summed E-state index contributed by atoms with van der Waals surface area (Å²) in [5.41, 5.74) is 8.53. The van der Waals surface area contributed by atoms with Crippen LogP contribution in [0.2, 0.25) is 0 Å². The Kier molecular flexibility index (Phi) is 4.76. The first-order valence-electron chi connectivity index (χ1n) is 12.9. The number of nitrogens with zero attached hydrogens (tertiary/aromatic N) is 1. The molecule has 0 N–H and O–H groups in total. The van der Waals surface area contributed by atoms with Crippen LogP contribution in [-0.2, 0) is 0 Å². The first-order valence-corrected chi connectivity index (χ1v) is 13.8. The summed E-state index contributed by atoms with van der Waals surface area (Å²) in [7, 11) is 0. The van der Waals surface area contributed by atoms with Gasteiger partial charge in [0.25, 0.3) is 0 Å². The Hall–Kier alpha value is -4.66. The minimum atomic E-state index is 1.18. The van der Waals surface area contributed by atoms with E-state index in [9.17, 15) is 0 Å². The molecule has 0 bridgehead atoms. The summed E-state index contributed by atoms with van der Waals surface area (Å²) < 4.78 is 5.13. The average Bonchev–Trinajstić information content (AvgIpc) is 3.51. The number of thiophene rings is 1. The lowest BCUT2D eigenvalue weighted by Crippen LogP contribution is -1.96. The maximum Gasteiger partial charge on any atom is 0.0548 e. The van der Waals surface area contributed by atoms with E-state index in [1.54, 1.807) is 0 Å². The molecule has 0 saturated heterocycles. The Morgan fingerprint density at radius 3 is 1.68 bits per heavy atom. The lowest BCUT2D eigenvalue weighted by molar-refractivity contribution is 1.18. The molecule has 2 heteroatoms. The van der Waals surface area contributed by atoms with Gasteiger partial charge in [0, 0.05) is 36.6 Å². The zero-order valence-corrected chi connectivity index (χ0v) is 21.5. The molecule has 0 saturated carbocycles. The molecule has 0 aliphatic carbocycles. The molecule has 0 amide bonds. The van der Waals surface area contributed by atoms with Crippen LogP contribution in [0.25, 0.3) is 69.9 Å². The Bertz CT molecular complexity index is 2060. The van der Waals surface area contributed by atoms with E-state index in [0.29, 0.717) is 0 Å². The molecule has 178 valence electrons. The second-order valence-corrected chi connectivity index (χ2v) is 10.9. The van der Waals surface area contributed by atoms with Crippen molar-refractivity contribution in [2.75, 3.05) is 0 Å². The molecular formula is C36H23NS. The molecule has 0 radical (unpaired) electrons. The maximum atomic E-state index is 2.45. The van der Waals surface area contributed by atoms with Crippen LogP contribution in [0.15, 0.2) is 140 Å². The minimum absolute atomic E-state index is 1.18. The zero-order chi connectivity index (χ0) is 25.1. The fourth-order valence-electron chi connectivity index (χ4n) is 5.80. The lowest BCUT2D eigenvalue weighted by atomic mass is 9.98. The van der Waals surface area contributed by atoms with Gasteiger partial charge in [-0.2, -0.15) is 0 Å². The molecule has 0 fully saturated rings. The van der Waals surface area contributed by atoms with Crippen molar-refractivity contribution in [3.05, 3.63) is 140 Å². The summed E-state index contributed by atoms with van der Waals surface area (Å²) in [6, 6.07) is 50.7. The number of para-hydroxylation sites is 1. The molecule has 2 aromatic heterocycles. The van der Waals surface area contributed by atoms with E-state index in [1.165, 1.54) is 69.9 Å². The van der Waals surface area contributed by atoms with Crippen molar-refractivity contribution in [1.82, 2.24) is 4.57 Å².